The van der Waals surface area contributed by atoms with Crippen LogP contribution in [0, 0.1) is 20.2 Å². The second-order valence-electron chi connectivity index (χ2n) is 5.04. The molecule has 0 fully saturated rings. The zero-order valence-electron chi connectivity index (χ0n) is 12.2. The molecule has 0 heterocycles. The van der Waals surface area contributed by atoms with Gasteiger partial charge in [-0.2, -0.15) is 0 Å². The molecule has 1 N–H and O–H groups in total. The van der Waals surface area contributed by atoms with Crippen molar-refractivity contribution < 1.29 is 15.0 Å². The first-order valence-electron chi connectivity index (χ1n) is 7.08. The van der Waals surface area contributed by atoms with Crippen LogP contribution >= 0.6 is 0 Å². The van der Waals surface area contributed by atoms with E-state index in [0.29, 0.717) is 5.56 Å². The van der Waals surface area contributed by atoms with E-state index in [2.05, 4.69) is 0 Å². The largest absolute Gasteiger partial charge is 0.502 e. The molecule has 0 aliphatic heterocycles. The van der Waals surface area contributed by atoms with Crippen LogP contribution in [0.3, 0.4) is 0 Å². The van der Waals surface area contributed by atoms with Crippen molar-refractivity contribution in [3.63, 3.8) is 0 Å². The van der Waals surface area contributed by atoms with Crippen LogP contribution in [0.25, 0.3) is 0 Å². The van der Waals surface area contributed by atoms with Gasteiger partial charge in [-0.3, -0.25) is 20.2 Å². The number of phenolic OH excluding ortho intramolecular Hbond substituents is 1. The van der Waals surface area contributed by atoms with Gasteiger partial charge in [-0.1, -0.05) is 33.1 Å². The van der Waals surface area contributed by atoms with E-state index in [-0.39, 0.29) is 11.6 Å². The predicted octanol–water partition coefficient (Wildman–Crippen LogP) is 4.28. The minimum absolute atomic E-state index is 0.103. The third-order valence-electron chi connectivity index (χ3n) is 3.49. The molecule has 7 nitrogen and oxygen atoms in total. The Bertz CT molecular complexity index is 530. The molecule has 21 heavy (non-hydrogen) atoms. The van der Waals surface area contributed by atoms with Crippen LogP contribution in [0.4, 0.5) is 11.4 Å². The van der Waals surface area contributed by atoms with Crippen molar-refractivity contribution in [2.24, 2.45) is 0 Å². The van der Waals surface area contributed by atoms with E-state index >= 15 is 0 Å². The highest BCUT2D eigenvalue weighted by Gasteiger charge is 2.27. The van der Waals surface area contributed by atoms with Crippen molar-refractivity contribution in [2.45, 2.75) is 51.9 Å². The first kappa shape index (κ1) is 16.9. The van der Waals surface area contributed by atoms with Gasteiger partial charge in [-0.15, -0.1) is 0 Å². The van der Waals surface area contributed by atoms with E-state index in [1.807, 2.05) is 13.8 Å². The maximum atomic E-state index is 11.0. The summed E-state index contributed by atoms with van der Waals surface area (Å²) in [6.45, 7) is 4.00. The van der Waals surface area contributed by atoms with Crippen molar-refractivity contribution >= 4 is 11.4 Å². The molecule has 1 unspecified atom stereocenters. The molecule has 0 saturated heterocycles. The Morgan fingerprint density at radius 2 is 1.76 bits per heavy atom. The van der Waals surface area contributed by atoms with Crippen LogP contribution in [0.2, 0.25) is 0 Å². The molecule has 0 aliphatic rings. The molecule has 1 aromatic carbocycles. The fourth-order valence-electron chi connectivity index (χ4n) is 2.44. The molecule has 0 saturated carbocycles. The smallest absolute Gasteiger partial charge is 0.317 e. The van der Waals surface area contributed by atoms with E-state index in [1.54, 1.807) is 0 Å². The minimum Gasteiger partial charge on any atom is -0.502 e. The SMILES string of the molecule is CCCCC(CCC)c1cc([N+](=O)[O-])cc([N+](=O)[O-])c1O. The Kier molecular flexibility index (Phi) is 6.08. The van der Waals surface area contributed by atoms with E-state index in [9.17, 15) is 25.3 Å². The fraction of sp³-hybridized carbons (Fsp3) is 0.571. The highest BCUT2D eigenvalue weighted by atomic mass is 16.6. The van der Waals surface area contributed by atoms with Crippen molar-refractivity contribution in [3.8, 4) is 5.75 Å². The van der Waals surface area contributed by atoms with Crippen LogP contribution < -0.4 is 0 Å². The first-order chi connectivity index (χ1) is 9.92. The summed E-state index contributed by atoms with van der Waals surface area (Å²) in [7, 11) is 0. The van der Waals surface area contributed by atoms with Gasteiger partial charge in [-0.05, 0) is 18.8 Å². The summed E-state index contributed by atoms with van der Waals surface area (Å²) in [5.41, 5.74) is -0.643. The minimum atomic E-state index is -0.783. The maximum Gasteiger partial charge on any atom is 0.317 e. The Hall–Kier alpha value is -2.18. The average molecular weight is 296 g/mol. The lowest BCUT2D eigenvalue weighted by Gasteiger charge is -2.17. The molecule has 1 aromatic rings. The van der Waals surface area contributed by atoms with Crippen molar-refractivity contribution in [2.75, 3.05) is 0 Å². The summed E-state index contributed by atoms with van der Waals surface area (Å²) < 4.78 is 0. The van der Waals surface area contributed by atoms with Crippen molar-refractivity contribution in [3.05, 3.63) is 37.9 Å². The summed E-state index contributed by atoms with van der Waals surface area (Å²) in [5, 5.41) is 32.0. The number of nitro groups is 2. The van der Waals surface area contributed by atoms with Gasteiger partial charge in [0.15, 0.2) is 5.75 Å². The summed E-state index contributed by atoms with van der Waals surface area (Å²) in [4.78, 5) is 20.5. The fourth-order valence-corrected chi connectivity index (χ4v) is 2.44. The van der Waals surface area contributed by atoms with Crippen molar-refractivity contribution in [1.82, 2.24) is 0 Å². The lowest BCUT2D eigenvalue weighted by atomic mass is 9.88. The number of nitrogens with zero attached hydrogens (tertiary/aromatic N) is 2. The number of nitro benzene ring substituents is 2. The number of hydrogen-bond acceptors (Lipinski definition) is 5. The lowest BCUT2D eigenvalue weighted by Crippen LogP contribution is -2.03. The summed E-state index contributed by atoms with van der Waals surface area (Å²) in [5.74, 6) is -0.547. The van der Waals surface area contributed by atoms with Crippen LogP contribution in [-0.2, 0) is 0 Å². The summed E-state index contributed by atoms with van der Waals surface area (Å²) in [6.07, 6.45) is 4.17. The Balaban J connectivity index is 3.35. The number of unbranched alkanes of at least 4 members (excludes halogenated alkanes) is 1. The zero-order valence-corrected chi connectivity index (χ0v) is 12.2. The third-order valence-corrected chi connectivity index (χ3v) is 3.49. The molecule has 116 valence electrons. The van der Waals surface area contributed by atoms with Crippen LogP contribution in [0.1, 0.15) is 57.4 Å². The number of non-ortho nitro benzene ring substituents is 1. The van der Waals surface area contributed by atoms with Gasteiger partial charge < -0.3 is 5.11 Å². The molecular weight excluding hydrogens is 276 g/mol. The summed E-state index contributed by atoms with van der Waals surface area (Å²) >= 11 is 0. The molecular formula is C14H20N2O5. The zero-order chi connectivity index (χ0) is 16.0. The Morgan fingerprint density at radius 3 is 2.24 bits per heavy atom. The van der Waals surface area contributed by atoms with Gasteiger partial charge in [0, 0.05) is 11.6 Å². The van der Waals surface area contributed by atoms with Gasteiger partial charge in [-0.25, -0.2) is 0 Å². The number of rotatable bonds is 8. The topological polar surface area (TPSA) is 107 Å². The Morgan fingerprint density at radius 1 is 1.10 bits per heavy atom. The lowest BCUT2D eigenvalue weighted by molar-refractivity contribution is -0.394. The van der Waals surface area contributed by atoms with Gasteiger partial charge in [0.1, 0.15) is 0 Å². The highest BCUT2D eigenvalue weighted by Crippen LogP contribution is 2.41. The van der Waals surface area contributed by atoms with Crippen LogP contribution in [-0.4, -0.2) is 15.0 Å². The van der Waals surface area contributed by atoms with E-state index < -0.39 is 21.3 Å². The third kappa shape index (κ3) is 4.14. The molecule has 0 bridgehead atoms. The quantitative estimate of drug-likeness (QED) is 0.569. The van der Waals surface area contributed by atoms with E-state index in [4.69, 9.17) is 0 Å². The van der Waals surface area contributed by atoms with Crippen LogP contribution in [0.15, 0.2) is 12.1 Å². The van der Waals surface area contributed by atoms with Crippen LogP contribution in [0.5, 0.6) is 5.75 Å². The van der Waals surface area contributed by atoms with Gasteiger partial charge >= 0.3 is 5.69 Å². The molecule has 0 aliphatic carbocycles. The highest BCUT2D eigenvalue weighted by molar-refractivity contribution is 5.58. The molecule has 1 atom stereocenters. The van der Waals surface area contributed by atoms with E-state index in [1.165, 1.54) is 6.07 Å². The number of hydrogen-bond donors (Lipinski definition) is 1. The molecule has 0 aromatic heterocycles. The second-order valence-corrected chi connectivity index (χ2v) is 5.04. The average Bonchev–Trinajstić information content (AvgIpc) is 2.43. The molecule has 7 heteroatoms. The number of benzene rings is 1. The first-order valence-corrected chi connectivity index (χ1v) is 7.08. The number of phenols is 1. The van der Waals surface area contributed by atoms with Gasteiger partial charge in [0.2, 0.25) is 0 Å². The van der Waals surface area contributed by atoms with Gasteiger partial charge in [0.05, 0.1) is 15.9 Å². The molecule has 0 amide bonds. The predicted molar refractivity (Wildman–Crippen MR) is 78.6 cm³/mol. The normalized spacial score (nSPS) is 12.1. The molecule has 0 radical (unpaired) electrons. The standard InChI is InChI=1S/C14H20N2O5/c1-3-5-7-10(6-4-2)12-8-11(15(18)19)9-13(14(12)17)16(20)21/h8-10,17H,3-7H2,1-2H3. The molecule has 0 spiro atoms. The van der Waals surface area contributed by atoms with E-state index in [0.717, 1.165) is 38.2 Å². The Labute approximate surface area is 122 Å². The monoisotopic (exact) mass is 296 g/mol. The second kappa shape index (κ2) is 7.56. The van der Waals surface area contributed by atoms with Gasteiger partial charge in [0.25, 0.3) is 5.69 Å². The molecule has 1 rings (SSSR count). The number of aromatic hydroxyl groups is 1. The summed E-state index contributed by atoms with van der Waals surface area (Å²) in [6, 6.07) is 2.07. The maximum absolute atomic E-state index is 11.0. The van der Waals surface area contributed by atoms with Crippen molar-refractivity contribution in [1.29, 1.82) is 0 Å².